The zero-order valence-electron chi connectivity index (χ0n) is 15.6. The van der Waals surface area contributed by atoms with E-state index in [2.05, 4.69) is 10.6 Å². The molecule has 0 saturated heterocycles. The van der Waals surface area contributed by atoms with Crippen molar-refractivity contribution in [3.63, 3.8) is 0 Å². The minimum Gasteiger partial charge on any atom is -0.867 e. The number of hydrogen-bond donors (Lipinski definition) is 2. The molecule has 8 heteroatoms. The third kappa shape index (κ3) is 4.13. The summed E-state index contributed by atoms with van der Waals surface area (Å²) in [4.78, 5) is 11.8. The number of amides is 1. The second-order valence-corrected chi connectivity index (χ2v) is 6.88. The zero-order valence-corrected chi connectivity index (χ0v) is 16.4. The molecule has 0 saturated carbocycles. The quantitative estimate of drug-likeness (QED) is 0.293. The van der Waals surface area contributed by atoms with Crippen molar-refractivity contribution in [3.05, 3.63) is 84.4 Å². The number of fused-ring (bicyclic) bond motifs is 1. The highest BCUT2D eigenvalue weighted by molar-refractivity contribution is 7.81. The van der Waals surface area contributed by atoms with Crippen LogP contribution in [0.2, 0.25) is 0 Å². The Hall–Kier alpha value is -3.78. The molecule has 150 valence electrons. The normalized spacial score (nSPS) is 13.4. The number of nitrogens with zero attached hydrogens (tertiary/aromatic N) is 1. The number of carbonyl (C=O) groups is 1. The van der Waals surface area contributed by atoms with E-state index >= 15 is 0 Å². The molecule has 1 aromatic heterocycles. The molecule has 2 aromatic carbocycles. The summed E-state index contributed by atoms with van der Waals surface area (Å²) >= 11 is 5.51. The lowest BCUT2D eigenvalue weighted by molar-refractivity contribution is -0.577. The van der Waals surface area contributed by atoms with E-state index in [4.69, 9.17) is 17.0 Å². The summed E-state index contributed by atoms with van der Waals surface area (Å²) < 4.78 is 20.2. The summed E-state index contributed by atoms with van der Waals surface area (Å²) in [5.41, 5.74) is 1.51. The monoisotopic (exact) mass is 421 g/mol. The highest BCUT2D eigenvalue weighted by Crippen LogP contribution is 2.30. The van der Waals surface area contributed by atoms with E-state index in [1.165, 1.54) is 24.3 Å². The maximum Gasteiger partial charge on any atom is 0.262 e. The van der Waals surface area contributed by atoms with Crippen LogP contribution in [0.5, 0.6) is 5.75 Å². The molecule has 0 unspecified atom stereocenters. The summed E-state index contributed by atoms with van der Waals surface area (Å²) in [7, 11) is 0. The summed E-state index contributed by atoms with van der Waals surface area (Å²) in [5, 5.41) is 19.1. The van der Waals surface area contributed by atoms with Crippen molar-refractivity contribution < 1.29 is 23.6 Å². The van der Waals surface area contributed by atoms with E-state index in [-0.39, 0.29) is 34.8 Å². The maximum atomic E-state index is 13.4. The van der Waals surface area contributed by atoms with E-state index in [9.17, 15) is 14.3 Å². The molecule has 0 aliphatic carbocycles. The van der Waals surface area contributed by atoms with Gasteiger partial charge in [0, 0.05) is 17.8 Å². The van der Waals surface area contributed by atoms with Gasteiger partial charge in [0.1, 0.15) is 11.6 Å². The van der Waals surface area contributed by atoms with Crippen molar-refractivity contribution in [3.8, 4) is 5.75 Å². The van der Waals surface area contributed by atoms with E-state index in [1.807, 2.05) is 6.07 Å². The van der Waals surface area contributed by atoms with Gasteiger partial charge in [-0.25, -0.2) is 4.39 Å². The minimum atomic E-state index is -0.373. The lowest BCUT2D eigenvalue weighted by Crippen LogP contribution is -2.39. The van der Waals surface area contributed by atoms with Crippen molar-refractivity contribution in [2.75, 3.05) is 17.2 Å². The summed E-state index contributed by atoms with van der Waals surface area (Å²) in [6.45, 7) is -0.0663. The molecule has 0 radical (unpaired) electrons. The molecule has 30 heavy (non-hydrogen) atoms. The van der Waals surface area contributed by atoms with Crippen molar-refractivity contribution in [1.29, 1.82) is 0 Å². The zero-order chi connectivity index (χ0) is 21.1. The van der Waals surface area contributed by atoms with Crippen LogP contribution < -0.4 is 25.0 Å². The third-order valence-electron chi connectivity index (χ3n) is 4.38. The van der Waals surface area contributed by atoms with Crippen molar-refractivity contribution in [2.24, 2.45) is 0 Å². The van der Waals surface area contributed by atoms with Gasteiger partial charge in [0.25, 0.3) is 5.91 Å². The van der Waals surface area contributed by atoms with Gasteiger partial charge in [0.05, 0.1) is 5.69 Å². The molecule has 0 spiro atoms. The van der Waals surface area contributed by atoms with Crippen LogP contribution in [0.4, 0.5) is 15.8 Å². The Morgan fingerprint density at radius 2 is 1.87 bits per heavy atom. The largest absolute Gasteiger partial charge is 0.867 e. The second-order valence-electron chi connectivity index (χ2n) is 6.47. The average Bonchev–Trinajstić information content (AvgIpc) is 2.75. The summed E-state index contributed by atoms with van der Waals surface area (Å²) in [5.74, 6) is -0.523. The number of rotatable bonds is 4. The molecule has 2 heterocycles. The lowest BCUT2D eigenvalue weighted by Gasteiger charge is -2.21. The molecule has 0 atom stereocenters. The maximum absolute atomic E-state index is 13.4. The standard InChI is InChI=1S/C22H16FN3O3S/c23-15-5-7-16(8-6-15)24-22(30)20(26-10-2-1-3-11-26)21(28)14-4-9-18-17(12-14)25-19(27)13-29-18/h1-12H,13H2,(H2-,24,25,27,28,30). The Kier molecular flexibility index (Phi) is 5.40. The molecule has 1 aliphatic heterocycles. The van der Waals surface area contributed by atoms with Gasteiger partial charge in [0.15, 0.2) is 24.0 Å². The Labute approximate surface area is 177 Å². The van der Waals surface area contributed by atoms with Crippen molar-refractivity contribution >= 4 is 45.9 Å². The number of hydrogen-bond acceptors (Lipinski definition) is 4. The Bertz CT molecular complexity index is 1150. The molecule has 0 bridgehead atoms. The van der Waals surface area contributed by atoms with Gasteiger partial charge in [0.2, 0.25) is 5.70 Å². The molecule has 1 aliphatic rings. The minimum absolute atomic E-state index is 0.0663. The first kappa shape index (κ1) is 19.5. The van der Waals surface area contributed by atoms with Gasteiger partial charge in [-0.1, -0.05) is 24.4 Å². The van der Waals surface area contributed by atoms with E-state index < -0.39 is 0 Å². The molecule has 3 aromatic rings. The fraction of sp³-hybridized carbons (Fsp3) is 0.0455. The van der Waals surface area contributed by atoms with Gasteiger partial charge in [-0.15, -0.1) is 0 Å². The number of aromatic nitrogens is 1. The lowest BCUT2D eigenvalue weighted by atomic mass is 10.1. The smallest absolute Gasteiger partial charge is 0.262 e. The molecule has 6 nitrogen and oxygen atoms in total. The van der Waals surface area contributed by atoms with Crippen LogP contribution in [0, 0.1) is 5.82 Å². The van der Waals surface area contributed by atoms with E-state index in [0.29, 0.717) is 22.7 Å². The van der Waals surface area contributed by atoms with Crippen LogP contribution in [-0.4, -0.2) is 17.5 Å². The highest BCUT2D eigenvalue weighted by Gasteiger charge is 2.21. The van der Waals surface area contributed by atoms with Gasteiger partial charge >= 0.3 is 0 Å². The van der Waals surface area contributed by atoms with Crippen molar-refractivity contribution in [2.45, 2.75) is 0 Å². The molecule has 2 N–H and O–H groups in total. The van der Waals surface area contributed by atoms with Crippen LogP contribution in [0.25, 0.3) is 11.5 Å². The summed E-state index contributed by atoms with van der Waals surface area (Å²) in [6.07, 6.45) is 3.41. The number of pyridine rings is 1. The van der Waals surface area contributed by atoms with Gasteiger partial charge in [-0.3, -0.25) is 4.79 Å². The molecule has 1 amide bonds. The van der Waals surface area contributed by atoms with Crippen LogP contribution in [0.15, 0.2) is 73.1 Å². The van der Waals surface area contributed by atoms with Gasteiger partial charge in [-0.2, -0.15) is 4.57 Å². The van der Waals surface area contributed by atoms with Crippen LogP contribution in [0.3, 0.4) is 0 Å². The molecule has 4 rings (SSSR count). The van der Waals surface area contributed by atoms with Crippen LogP contribution in [0.1, 0.15) is 5.56 Å². The number of thiocarbonyl (C=S) groups is 1. The molecular formula is C22H16FN3O3S. The van der Waals surface area contributed by atoms with Crippen LogP contribution >= 0.6 is 12.2 Å². The van der Waals surface area contributed by atoms with Crippen LogP contribution in [-0.2, 0) is 4.79 Å². The average molecular weight is 421 g/mol. The van der Waals surface area contributed by atoms with Gasteiger partial charge < -0.3 is 20.5 Å². The predicted octanol–water partition coefficient (Wildman–Crippen LogP) is 2.57. The SMILES string of the molecule is O=C1COc2ccc(C([O-])=C(C(=S)Nc3ccc(F)cc3)[n+]3ccccc3)cc2N1. The number of nitrogens with one attached hydrogen (secondary N) is 2. The number of ether oxygens (including phenoxy) is 1. The fourth-order valence-corrected chi connectivity index (χ4v) is 3.29. The number of anilines is 2. The summed E-state index contributed by atoms with van der Waals surface area (Å²) in [6, 6.07) is 15.8. The number of benzene rings is 2. The van der Waals surface area contributed by atoms with Gasteiger partial charge in [-0.05, 0) is 47.7 Å². The Morgan fingerprint density at radius 1 is 1.13 bits per heavy atom. The van der Waals surface area contributed by atoms with E-state index in [0.717, 1.165) is 0 Å². The molecule has 0 fully saturated rings. The van der Waals surface area contributed by atoms with Crippen molar-refractivity contribution in [1.82, 2.24) is 0 Å². The topological polar surface area (TPSA) is 77.3 Å². The third-order valence-corrected chi connectivity index (χ3v) is 4.68. The fourth-order valence-electron chi connectivity index (χ4n) is 2.97. The van der Waals surface area contributed by atoms with E-state index in [1.54, 1.807) is 47.3 Å². The first-order valence-electron chi connectivity index (χ1n) is 9.03. The molecular weight excluding hydrogens is 405 g/mol. The second kappa shape index (κ2) is 8.30. The first-order chi connectivity index (χ1) is 14.5. The predicted molar refractivity (Wildman–Crippen MR) is 113 cm³/mol. The number of halogens is 1. The Balaban J connectivity index is 1.76. The highest BCUT2D eigenvalue weighted by atomic mass is 32.1. The Morgan fingerprint density at radius 3 is 2.60 bits per heavy atom. The first-order valence-corrected chi connectivity index (χ1v) is 9.44. The number of carbonyl (C=O) groups excluding carboxylic acids is 1.